The number of aliphatic imine (C=N–C) groups is 1. The van der Waals surface area contributed by atoms with Gasteiger partial charge in [-0.25, -0.2) is 0 Å². The molecule has 0 atom stereocenters. The summed E-state index contributed by atoms with van der Waals surface area (Å²) >= 11 is 0. The van der Waals surface area contributed by atoms with Gasteiger partial charge in [0.25, 0.3) is 0 Å². The lowest BCUT2D eigenvalue weighted by Gasteiger charge is -2.22. The maximum absolute atomic E-state index is 12.1. The molecule has 1 saturated carbocycles. The zero-order chi connectivity index (χ0) is 18.5. The lowest BCUT2D eigenvalue weighted by Crippen LogP contribution is -2.41. The van der Waals surface area contributed by atoms with Crippen LogP contribution in [0.5, 0.6) is 0 Å². The number of carbonyl (C=O) groups excluding carboxylic acids is 1. The number of guanidine groups is 1. The fourth-order valence-electron chi connectivity index (χ4n) is 3.30. The molecule has 1 aliphatic carbocycles. The Kier molecular flexibility index (Phi) is 9.62. The van der Waals surface area contributed by atoms with Crippen LogP contribution >= 0.6 is 0 Å². The lowest BCUT2D eigenvalue weighted by atomic mass is 9.95. The summed E-state index contributed by atoms with van der Waals surface area (Å²) in [7, 11) is 0. The van der Waals surface area contributed by atoms with Crippen LogP contribution < -0.4 is 16.0 Å². The van der Waals surface area contributed by atoms with Crippen LogP contribution in [-0.2, 0) is 11.2 Å². The number of benzene rings is 1. The van der Waals surface area contributed by atoms with Gasteiger partial charge in [0, 0.05) is 32.1 Å². The molecule has 1 amide bonds. The Labute approximate surface area is 158 Å². The van der Waals surface area contributed by atoms with Crippen LogP contribution in [0.4, 0.5) is 0 Å². The van der Waals surface area contributed by atoms with E-state index in [2.05, 4.69) is 52.1 Å². The third-order valence-electron chi connectivity index (χ3n) is 4.70. The average Bonchev–Trinajstić information content (AvgIpc) is 2.67. The zero-order valence-electron chi connectivity index (χ0n) is 16.1. The van der Waals surface area contributed by atoms with E-state index >= 15 is 0 Å². The predicted molar refractivity (Wildman–Crippen MR) is 108 cm³/mol. The third-order valence-corrected chi connectivity index (χ3v) is 4.70. The van der Waals surface area contributed by atoms with Gasteiger partial charge in [-0.1, -0.05) is 49.6 Å². The van der Waals surface area contributed by atoms with Crippen molar-refractivity contribution in [3.05, 3.63) is 35.9 Å². The number of amides is 1. The molecule has 0 unspecified atom stereocenters. The summed E-state index contributed by atoms with van der Waals surface area (Å²) in [5.74, 6) is 0.940. The topological polar surface area (TPSA) is 65.5 Å². The molecule has 0 bridgehead atoms. The van der Waals surface area contributed by atoms with Gasteiger partial charge in [-0.3, -0.25) is 9.79 Å². The Morgan fingerprint density at radius 1 is 1.12 bits per heavy atom. The molecule has 0 aromatic heterocycles. The van der Waals surface area contributed by atoms with Crippen LogP contribution in [0, 0.1) is 0 Å². The Morgan fingerprint density at radius 3 is 2.62 bits per heavy atom. The van der Waals surface area contributed by atoms with Gasteiger partial charge < -0.3 is 16.0 Å². The number of aryl methyl sites for hydroxylation is 1. The van der Waals surface area contributed by atoms with E-state index in [1.54, 1.807) is 0 Å². The first kappa shape index (κ1) is 20.3. The second-order valence-corrected chi connectivity index (χ2v) is 6.93. The molecule has 1 aliphatic rings. The fraction of sp³-hybridized carbons (Fsp3) is 0.619. The van der Waals surface area contributed by atoms with Crippen LogP contribution in [0.15, 0.2) is 35.3 Å². The van der Waals surface area contributed by atoms with Gasteiger partial charge in [-0.15, -0.1) is 0 Å². The first-order chi connectivity index (χ1) is 12.8. The molecule has 0 radical (unpaired) electrons. The first-order valence-electron chi connectivity index (χ1n) is 10.1. The van der Waals surface area contributed by atoms with Crippen LogP contribution in [-0.4, -0.2) is 37.5 Å². The van der Waals surface area contributed by atoms with E-state index in [-0.39, 0.29) is 5.91 Å². The number of nitrogens with zero attached hydrogens (tertiary/aromatic N) is 1. The number of hydrogen-bond donors (Lipinski definition) is 3. The molecule has 1 fully saturated rings. The third kappa shape index (κ3) is 8.37. The summed E-state index contributed by atoms with van der Waals surface area (Å²) in [5, 5.41) is 9.66. The van der Waals surface area contributed by atoms with Crippen molar-refractivity contribution in [1.29, 1.82) is 0 Å². The minimum absolute atomic E-state index is 0.143. The molecule has 1 aromatic rings. The van der Waals surface area contributed by atoms with E-state index in [0.29, 0.717) is 19.0 Å². The molecule has 26 heavy (non-hydrogen) atoms. The Balaban J connectivity index is 1.63. The van der Waals surface area contributed by atoms with Crippen molar-refractivity contribution in [2.45, 2.75) is 64.3 Å². The second kappa shape index (κ2) is 12.3. The van der Waals surface area contributed by atoms with Crippen LogP contribution in [0.1, 0.15) is 57.4 Å². The summed E-state index contributed by atoms with van der Waals surface area (Å²) < 4.78 is 0. The summed E-state index contributed by atoms with van der Waals surface area (Å²) in [6.07, 6.45) is 8.59. The first-order valence-corrected chi connectivity index (χ1v) is 10.1. The summed E-state index contributed by atoms with van der Waals surface area (Å²) in [6.45, 7) is 4.26. The molecule has 5 heteroatoms. The molecule has 0 heterocycles. The normalized spacial score (nSPS) is 15.5. The van der Waals surface area contributed by atoms with Gasteiger partial charge >= 0.3 is 0 Å². The zero-order valence-corrected chi connectivity index (χ0v) is 16.1. The van der Waals surface area contributed by atoms with Crippen LogP contribution in [0.2, 0.25) is 0 Å². The molecule has 0 spiro atoms. The van der Waals surface area contributed by atoms with E-state index in [4.69, 9.17) is 0 Å². The number of nitrogens with one attached hydrogen (secondary N) is 3. The molecule has 0 saturated heterocycles. The van der Waals surface area contributed by atoms with Crippen molar-refractivity contribution in [3.63, 3.8) is 0 Å². The Hall–Kier alpha value is -2.04. The van der Waals surface area contributed by atoms with Crippen molar-refractivity contribution in [1.82, 2.24) is 16.0 Å². The highest BCUT2D eigenvalue weighted by molar-refractivity contribution is 5.81. The molecule has 5 nitrogen and oxygen atoms in total. The minimum atomic E-state index is 0.143. The van der Waals surface area contributed by atoms with E-state index in [0.717, 1.165) is 44.7 Å². The van der Waals surface area contributed by atoms with Crippen molar-refractivity contribution < 1.29 is 4.79 Å². The molecule has 2 rings (SSSR count). The highest BCUT2D eigenvalue weighted by atomic mass is 16.1. The van der Waals surface area contributed by atoms with E-state index in [1.807, 2.05) is 6.07 Å². The number of rotatable bonds is 9. The molecule has 0 aliphatic heterocycles. The quantitative estimate of drug-likeness (QED) is 0.361. The largest absolute Gasteiger partial charge is 0.357 e. The van der Waals surface area contributed by atoms with Crippen molar-refractivity contribution in [2.75, 3.05) is 19.6 Å². The minimum Gasteiger partial charge on any atom is -0.357 e. The number of carbonyl (C=O) groups is 1. The summed E-state index contributed by atoms with van der Waals surface area (Å²) in [5.41, 5.74) is 1.35. The highest BCUT2D eigenvalue weighted by Crippen LogP contribution is 2.17. The standard InChI is InChI=1S/C21H34N4O/c1-2-22-21(23-16-9-12-18-10-5-3-6-11-18)24-17-15-20(26)25-19-13-7-4-8-14-19/h3,5-6,10-11,19H,2,4,7-9,12-17H2,1H3,(H,25,26)(H2,22,23,24). The highest BCUT2D eigenvalue weighted by Gasteiger charge is 2.15. The van der Waals surface area contributed by atoms with Crippen molar-refractivity contribution >= 4 is 11.9 Å². The van der Waals surface area contributed by atoms with E-state index < -0.39 is 0 Å². The Bertz CT molecular complexity index is 538. The average molecular weight is 359 g/mol. The van der Waals surface area contributed by atoms with Crippen LogP contribution in [0.3, 0.4) is 0 Å². The van der Waals surface area contributed by atoms with Gasteiger partial charge in [-0.05, 0) is 38.2 Å². The summed E-state index contributed by atoms with van der Waals surface area (Å²) in [4.78, 5) is 16.7. The van der Waals surface area contributed by atoms with E-state index in [9.17, 15) is 4.79 Å². The maximum Gasteiger partial charge on any atom is 0.221 e. The summed E-state index contributed by atoms with van der Waals surface area (Å²) in [6, 6.07) is 10.9. The molecule has 1 aromatic carbocycles. The molecule has 144 valence electrons. The monoisotopic (exact) mass is 358 g/mol. The van der Waals surface area contributed by atoms with Gasteiger partial charge in [-0.2, -0.15) is 0 Å². The van der Waals surface area contributed by atoms with Crippen LogP contribution in [0.25, 0.3) is 0 Å². The second-order valence-electron chi connectivity index (χ2n) is 6.93. The smallest absolute Gasteiger partial charge is 0.221 e. The van der Waals surface area contributed by atoms with Gasteiger partial charge in [0.15, 0.2) is 5.96 Å². The van der Waals surface area contributed by atoms with Crippen molar-refractivity contribution in [3.8, 4) is 0 Å². The fourth-order valence-corrected chi connectivity index (χ4v) is 3.30. The van der Waals surface area contributed by atoms with Gasteiger partial charge in [0.05, 0.1) is 0 Å². The predicted octanol–water partition coefficient (Wildman–Crippen LogP) is 3.01. The maximum atomic E-state index is 12.1. The van der Waals surface area contributed by atoms with Crippen molar-refractivity contribution in [2.24, 2.45) is 4.99 Å². The lowest BCUT2D eigenvalue weighted by molar-refractivity contribution is -0.121. The van der Waals surface area contributed by atoms with E-state index in [1.165, 1.54) is 24.8 Å². The Morgan fingerprint density at radius 2 is 1.88 bits per heavy atom. The number of hydrogen-bond acceptors (Lipinski definition) is 2. The molecular formula is C21H34N4O. The molecular weight excluding hydrogens is 324 g/mol. The van der Waals surface area contributed by atoms with Gasteiger partial charge in [0.1, 0.15) is 0 Å². The SMILES string of the molecule is CCNC(=NCCCc1ccccc1)NCCC(=O)NC1CCCCC1. The van der Waals surface area contributed by atoms with Gasteiger partial charge in [0.2, 0.25) is 5.91 Å². The molecule has 3 N–H and O–H groups in total.